The van der Waals surface area contributed by atoms with Crippen LogP contribution in [0.3, 0.4) is 0 Å². The summed E-state index contributed by atoms with van der Waals surface area (Å²) >= 11 is 0. The molecule has 1 N–H and O–H groups in total. The third-order valence-corrected chi connectivity index (χ3v) is 4.30. The van der Waals surface area contributed by atoms with Crippen LogP contribution in [0.2, 0.25) is 0 Å². The summed E-state index contributed by atoms with van der Waals surface area (Å²) in [4.78, 5) is 2.68. The standard InChI is InChI=1S/C17H28N2/c1-4-5-9-16(19-12-10-18-11-13-19)17-14(2)7-6-8-15(17)3/h6-8,16,18H,4-5,9-13H2,1-3H3/t16-/m0/s1. The number of aryl methyl sites for hydroxylation is 2. The van der Waals surface area contributed by atoms with Crippen molar-refractivity contribution in [2.75, 3.05) is 26.2 Å². The summed E-state index contributed by atoms with van der Waals surface area (Å²) in [5, 5.41) is 3.46. The summed E-state index contributed by atoms with van der Waals surface area (Å²) in [7, 11) is 0. The molecule has 2 nitrogen and oxygen atoms in total. The quantitative estimate of drug-likeness (QED) is 0.872. The fourth-order valence-corrected chi connectivity index (χ4v) is 3.25. The monoisotopic (exact) mass is 260 g/mol. The molecular formula is C17H28N2. The highest BCUT2D eigenvalue weighted by molar-refractivity contribution is 5.36. The molecule has 0 aliphatic carbocycles. The molecule has 106 valence electrons. The highest BCUT2D eigenvalue weighted by Crippen LogP contribution is 2.31. The first-order valence-electron chi connectivity index (χ1n) is 7.75. The molecule has 0 radical (unpaired) electrons. The van der Waals surface area contributed by atoms with E-state index in [-0.39, 0.29) is 0 Å². The topological polar surface area (TPSA) is 15.3 Å². The zero-order valence-corrected chi connectivity index (χ0v) is 12.7. The second-order valence-corrected chi connectivity index (χ2v) is 5.75. The lowest BCUT2D eigenvalue weighted by atomic mass is 9.91. The second kappa shape index (κ2) is 7.06. The lowest BCUT2D eigenvalue weighted by Gasteiger charge is -2.36. The number of hydrogen-bond donors (Lipinski definition) is 1. The van der Waals surface area contributed by atoms with Gasteiger partial charge in [0.15, 0.2) is 0 Å². The minimum absolute atomic E-state index is 0.614. The second-order valence-electron chi connectivity index (χ2n) is 5.75. The Morgan fingerprint density at radius 3 is 2.37 bits per heavy atom. The van der Waals surface area contributed by atoms with Gasteiger partial charge in [0.2, 0.25) is 0 Å². The molecule has 0 bridgehead atoms. The van der Waals surface area contributed by atoms with Gasteiger partial charge in [0, 0.05) is 32.2 Å². The zero-order valence-electron chi connectivity index (χ0n) is 12.7. The molecule has 0 unspecified atom stereocenters. The first-order chi connectivity index (χ1) is 9.24. The van der Waals surface area contributed by atoms with Gasteiger partial charge in [-0.05, 0) is 37.0 Å². The Labute approximate surface area is 118 Å². The van der Waals surface area contributed by atoms with Crippen molar-refractivity contribution < 1.29 is 0 Å². The number of unbranched alkanes of at least 4 members (excludes halogenated alkanes) is 1. The maximum absolute atomic E-state index is 3.46. The van der Waals surface area contributed by atoms with E-state index >= 15 is 0 Å². The number of nitrogens with zero attached hydrogens (tertiary/aromatic N) is 1. The summed E-state index contributed by atoms with van der Waals surface area (Å²) in [6.45, 7) is 11.5. The van der Waals surface area contributed by atoms with Crippen LogP contribution in [-0.2, 0) is 0 Å². The molecule has 1 aliphatic heterocycles. The van der Waals surface area contributed by atoms with E-state index in [0.29, 0.717) is 6.04 Å². The number of nitrogens with one attached hydrogen (secondary N) is 1. The van der Waals surface area contributed by atoms with Crippen molar-refractivity contribution in [1.29, 1.82) is 0 Å². The maximum Gasteiger partial charge on any atom is 0.0354 e. The molecule has 1 aliphatic rings. The SMILES string of the molecule is CCCC[C@@H](c1c(C)cccc1C)N1CCNCC1. The van der Waals surface area contributed by atoms with E-state index in [0.717, 1.165) is 13.1 Å². The largest absolute Gasteiger partial charge is 0.314 e. The Morgan fingerprint density at radius 1 is 1.16 bits per heavy atom. The van der Waals surface area contributed by atoms with Gasteiger partial charge in [-0.1, -0.05) is 38.0 Å². The highest BCUT2D eigenvalue weighted by atomic mass is 15.2. The highest BCUT2D eigenvalue weighted by Gasteiger charge is 2.23. The summed E-state index contributed by atoms with van der Waals surface area (Å²) in [5.74, 6) is 0. The molecule has 0 saturated carbocycles. The average Bonchev–Trinajstić information content (AvgIpc) is 2.43. The Bertz CT molecular complexity index is 374. The Balaban J connectivity index is 2.25. The van der Waals surface area contributed by atoms with Gasteiger partial charge >= 0.3 is 0 Å². The van der Waals surface area contributed by atoms with Crippen LogP contribution < -0.4 is 5.32 Å². The van der Waals surface area contributed by atoms with Gasteiger partial charge in [-0.25, -0.2) is 0 Å². The summed E-state index contributed by atoms with van der Waals surface area (Å²) in [6, 6.07) is 7.33. The van der Waals surface area contributed by atoms with E-state index < -0.39 is 0 Å². The van der Waals surface area contributed by atoms with Crippen molar-refractivity contribution >= 4 is 0 Å². The maximum atomic E-state index is 3.46. The fourth-order valence-electron chi connectivity index (χ4n) is 3.25. The number of hydrogen-bond acceptors (Lipinski definition) is 2. The van der Waals surface area contributed by atoms with Crippen LogP contribution >= 0.6 is 0 Å². The lowest BCUT2D eigenvalue weighted by Crippen LogP contribution is -2.45. The Morgan fingerprint density at radius 2 is 1.79 bits per heavy atom. The lowest BCUT2D eigenvalue weighted by molar-refractivity contribution is 0.162. The normalized spacial score (nSPS) is 18.5. The van der Waals surface area contributed by atoms with Crippen molar-refractivity contribution in [2.45, 2.75) is 46.1 Å². The molecule has 1 heterocycles. The molecule has 0 aromatic heterocycles. The molecule has 1 aromatic carbocycles. The average molecular weight is 260 g/mol. The fraction of sp³-hybridized carbons (Fsp3) is 0.647. The minimum atomic E-state index is 0.614. The summed E-state index contributed by atoms with van der Waals surface area (Å²) in [5.41, 5.74) is 4.50. The molecule has 19 heavy (non-hydrogen) atoms. The van der Waals surface area contributed by atoms with Crippen molar-refractivity contribution in [1.82, 2.24) is 10.2 Å². The first-order valence-corrected chi connectivity index (χ1v) is 7.75. The molecule has 1 aromatic rings. The number of piperazine rings is 1. The van der Waals surface area contributed by atoms with Crippen LogP contribution in [0, 0.1) is 13.8 Å². The van der Waals surface area contributed by atoms with Crippen LogP contribution in [0.5, 0.6) is 0 Å². The van der Waals surface area contributed by atoms with Gasteiger partial charge < -0.3 is 5.32 Å². The van der Waals surface area contributed by atoms with E-state index in [2.05, 4.69) is 49.2 Å². The van der Waals surface area contributed by atoms with Gasteiger partial charge in [-0.2, -0.15) is 0 Å². The van der Waals surface area contributed by atoms with E-state index in [1.807, 2.05) is 0 Å². The predicted molar refractivity (Wildman–Crippen MR) is 82.6 cm³/mol. The van der Waals surface area contributed by atoms with Crippen LogP contribution in [0.1, 0.15) is 48.9 Å². The van der Waals surface area contributed by atoms with Crippen LogP contribution in [-0.4, -0.2) is 31.1 Å². The minimum Gasteiger partial charge on any atom is -0.314 e. The molecule has 2 rings (SSSR count). The summed E-state index contributed by atoms with van der Waals surface area (Å²) < 4.78 is 0. The van der Waals surface area contributed by atoms with Crippen molar-refractivity contribution in [3.05, 3.63) is 34.9 Å². The third-order valence-electron chi connectivity index (χ3n) is 4.30. The molecule has 2 heteroatoms. The molecule has 1 saturated heterocycles. The van der Waals surface area contributed by atoms with E-state index in [1.54, 1.807) is 5.56 Å². The molecule has 1 fully saturated rings. The zero-order chi connectivity index (χ0) is 13.7. The molecular weight excluding hydrogens is 232 g/mol. The van der Waals surface area contributed by atoms with E-state index in [4.69, 9.17) is 0 Å². The van der Waals surface area contributed by atoms with E-state index in [9.17, 15) is 0 Å². The van der Waals surface area contributed by atoms with Crippen molar-refractivity contribution in [3.8, 4) is 0 Å². The Kier molecular flexibility index (Phi) is 5.41. The third kappa shape index (κ3) is 3.58. The van der Waals surface area contributed by atoms with Gasteiger partial charge in [0.05, 0.1) is 0 Å². The predicted octanol–water partition coefficient (Wildman–Crippen LogP) is 3.44. The van der Waals surface area contributed by atoms with Crippen molar-refractivity contribution in [2.24, 2.45) is 0 Å². The van der Waals surface area contributed by atoms with E-state index in [1.165, 1.54) is 43.5 Å². The first kappa shape index (κ1) is 14.5. The van der Waals surface area contributed by atoms with Gasteiger partial charge in [-0.15, -0.1) is 0 Å². The van der Waals surface area contributed by atoms with Gasteiger partial charge in [0.25, 0.3) is 0 Å². The van der Waals surface area contributed by atoms with Crippen LogP contribution in [0.4, 0.5) is 0 Å². The molecule has 1 atom stereocenters. The van der Waals surface area contributed by atoms with Crippen molar-refractivity contribution in [3.63, 3.8) is 0 Å². The van der Waals surface area contributed by atoms with Crippen LogP contribution in [0.15, 0.2) is 18.2 Å². The van der Waals surface area contributed by atoms with Gasteiger partial charge in [0.1, 0.15) is 0 Å². The number of benzene rings is 1. The Hall–Kier alpha value is -0.860. The van der Waals surface area contributed by atoms with Gasteiger partial charge in [-0.3, -0.25) is 4.90 Å². The molecule has 0 spiro atoms. The number of rotatable bonds is 5. The van der Waals surface area contributed by atoms with Crippen LogP contribution in [0.25, 0.3) is 0 Å². The smallest absolute Gasteiger partial charge is 0.0354 e. The molecule has 0 amide bonds. The summed E-state index contributed by atoms with van der Waals surface area (Å²) in [6.07, 6.45) is 3.90.